The zero-order valence-corrected chi connectivity index (χ0v) is 15.4. The van der Waals surface area contributed by atoms with Crippen LogP contribution in [0, 0.1) is 6.92 Å². The molecule has 3 rings (SSSR count). The fourth-order valence-corrected chi connectivity index (χ4v) is 4.66. The van der Waals surface area contributed by atoms with Gasteiger partial charge in [-0.15, -0.1) is 4.40 Å². The van der Waals surface area contributed by atoms with E-state index in [-0.39, 0.29) is 4.90 Å². The van der Waals surface area contributed by atoms with Gasteiger partial charge >= 0.3 is 0 Å². The molecule has 1 aliphatic rings. The van der Waals surface area contributed by atoms with Crippen LogP contribution in [0.4, 0.5) is 0 Å². The lowest BCUT2D eigenvalue weighted by Gasteiger charge is -2.30. The SMILES string of the molecule is CS/C(=N/S(=O)(=O)c1ccc(C)cc1)N1CCc2ccccc2C1. The van der Waals surface area contributed by atoms with E-state index in [0.29, 0.717) is 11.7 Å². The smallest absolute Gasteiger partial charge is 0.284 e. The van der Waals surface area contributed by atoms with E-state index in [0.717, 1.165) is 18.5 Å². The van der Waals surface area contributed by atoms with Crippen molar-refractivity contribution in [3.63, 3.8) is 0 Å². The molecule has 0 N–H and O–H groups in total. The lowest BCUT2D eigenvalue weighted by Crippen LogP contribution is -2.34. The van der Waals surface area contributed by atoms with Crippen molar-refractivity contribution < 1.29 is 8.42 Å². The summed E-state index contributed by atoms with van der Waals surface area (Å²) in [6, 6.07) is 15.1. The van der Waals surface area contributed by atoms with Gasteiger partial charge in [-0.05, 0) is 42.9 Å². The Morgan fingerprint density at radius 3 is 2.42 bits per heavy atom. The van der Waals surface area contributed by atoms with E-state index in [9.17, 15) is 8.42 Å². The second kappa shape index (κ2) is 6.99. The minimum Gasteiger partial charge on any atom is -0.346 e. The van der Waals surface area contributed by atoms with Gasteiger partial charge in [0.1, 0.15) is 0 Å². The Balaban J connectivity index is 1.88. The first-order chi connectivity index (χ1) is 11.5. The van der Waals surface area contributed by atoms with E-state index in [1.54, 1.807) is 24.3 Å². The molecule has 24 heavy (non-hydrogen) atoms. The lowest BCUT2D eigenvalue weighted by atomic mass is 10.0. The number of benzene rings is 2. The van der Waals surface area contributed by atoms with Gasteiger partial charge in [-0.2, -0.15) is 8.42 Å². The van der Waals surface area contributed by atoms with Crippen molar-refractivity contribution in [3.05, 3.63) is 65.2 Å². The second-order valence-corrected chi connectivity index (χ2v) is 8.18. The van der Waals surface area contributed by atoms with Crippen LogP contribution in [0.3, 0.4) is 0 Å². The first-order valence-electron chi connectivity index (χ1n) is 7.77. The Kier molecular flexibility index (Phi) is 4.96. The van der Waals surface area contributed by atoms with Crippen LogP contribution < -0.4 is 0 Å². The van der Waals surface area contributed by atoms with E-state index in [1.807, 2.05) is 30.2 Å². The number of nitrogens with zero attached hydrogens (tertiary/aromatic N) is 2. The van der Waals surface area contributed by atoms with Crippen LogP contribution in [0.1, 0.15) is 16.7 Å². The highest BCUT2D eigenvalue weighted by atomic mass is 32.2. The van der Waals surface area contributed by atoms with Crippen molar-refractivity contribution in [2.45, 2.75) is 24.8 Å². The van der Waals surface area contributed by atoms with Gasteiger partial charge in [0.05, 0.1) is 4.90 Å². The maximum absolute atomic E-state index is 12.6. The van der Waals surface area contributed by atoms with Gasteiger partial charge < -0.3 is 4.90 Å². The summed E-state index contributed by atoms with van der Waals surface area (Å²) in [5, 5.41) is 0.546. The summed E-state index contributed by atoms with van der Waals surface area (Å²) in [5.41, 5.74) is 3.59. The Morgan fingerprint density at radius 1 is 1.08 bits per heavy atom. The molecule has 0 aliphatic carbocycles. The Hall–Kier alpha value is -1.79. The summed E-state index contributed by atoms with van der Waals surface area (Å²) in [6.45, 7) is 3.40. The number of hydrogen-bond acceptors (Lipinski definition) is 3. The van der Waals surface area contributed by atoms with E-state index in [4.69, 9.17) is 0 Å². The van der Waals surface area contributed by atoms with Gasteiger partial charge in [0, 0.05) is 13.1 Å². The maximum atomic E-state index is 12.6. The average Bonchev–Trinajstić information content (AvgIpc) is 2.59. The number of aryl methyl sites for hydroxylation is 1. The number of sulfonamides is 1. The van der Waals surface area contributed by atoms with Crippen molar-refractivity contribution in [1.29, 1.82) is 0 Å². The molecule has 0 saturated heterocycles. The first kappa shape index (κ1) is 17.0. The van der Waals surface area contributed by atoms with Crippen LogP contribution in [-0.4, -0.2) is 31.3 Å². The fraction of sp³-hybridized carbons (Fsp3) is 0.278. The van der Waals surface area contributed by atoms with Crippen LogP contribution in [0.2, 0.25) is 0 Å². The maximum Gasteiger partial charge on any atom is 0.284 e. The second-order valence-electron chi connectivity index (χ2n) is 5.81. The summed E-state index contributed by atoms with van der Waals surface area (Å²) in [4.78, 5) is 2.27. The summed E-state index contributed by atoms with van der Waals surface area (Å²) in [5.74, 6) is 0. The van der Waals surface area contributed by atoms with Gasteiger partial charge in [-0.1, -0.05) is 53.7 Å². The molecule has 0 amide bonds. The average molecular weight is 361 g/mol. The van der Waals surface area contributed by atoms with E-state index in [1.165, 1.54) is 22.9 Å². The van der Waals surface area contributed by atoms with Crippen molar-refractivity contribution in [2.75, 3.05) is 12.8 Å². The van der Waals surface area contributed by atoms with E-state index in [2.05, 4.69) is 16.5 Å². The van der Waals surface area contributed by atoms with Crippen LogP contribution in [0.15, 0.2) is 57.8 Å². The normalized spacial score (nSPS) is 15.2. The standard InChI is InChI=1S/C18H20N2O2S2/c1-14-7-9-17(10-8-14)24(21,22)19-18(23-2)20-12-11-15-5-3-4-6-16(15)13-20/h3-10H,11-13H2,1-2H3/b19-18+. The quantitative estimate of drug-likeness (QED) is 0.608. The highest BCUT2D eigenvalue weighted by Crippen LogP contribution is 2.23. The summed E-state index contributed by atoms with van der Waals surface area (Å²) in [6.07, 6.45) is 2.77. The molecular weight excluding hydrogens is 340 g/mol. The summed E-state index contributed by atoms with van der Waals surface area (Å²) < 4.78 is 29.2. The van der Waals surface area contributed by atoms with Crippen molar-refractivity contribution >= 4 is 27.0 Å². The zero-order valence-electron chi connectivity index (χ0n) is 13.8. The molecule has 2 aromatic carbocycles. The Labute approximate surface area is 147 Å². The Bertz CT molecular complexity index is 859. The van der Waals surface area contributed by atoms with Crippen molar-refractivity contribution in [1.82, 2.24) is 4.90 Å². The largest absolute Gasteiger partial charge is 0.346 e. The highest BCUT2D eigenvalue weighted by Gasteiger charge is 2.21. The van der Waals surface area contributed by atoms with Gasteiger partial charge in [-0.25, -0.2) is 0 Å². The molecule has 1 heterocycles. The topological polar surface area (TPSA) is 49.7 Å². The van der Waals surface area contributed by atoms with Crippen molar-refractivity contribution in [2.24, 2.45) is 4.40 Å². The van der Waals surface area contributed by atoms with Gasteiger partial charge in [0.2, 0.25) is 0 Å². The number of hydrogen-bond donors (Lipinski definition) is 0. The first-order valence-corrected chi connectivity index (χ1v) is 10.4. The molecule has 0 atom stereocenters. The molecule has 0 aromatic heterocycles. The molecule has 0 radical (unpaired) electrons. The zero-order chi connectivity index (χ0) is 17.2. The van der Waals surface area contributed by atoms with E-state index >= 15 is 0 Å². The third kappa shape index (κ3) is 3.65. The number of fused-ring (bicyclic) bond motifs is 1. The molecule has 126 valence electrons. The van der Waals surface area contributed by atoms with Gasteiger partial charge in [-0.3, -0.25) is 0 Å². The molecular formula is C18H20N2O2S2. The monoisotopic (exact) mass is 360 g/mol. The number of amidine groups is 1. The highest BCUT2D eigenvalue weighted by molar-refractivity contribution is 8.13. The third-order valence-corrected chi connectivity index (χ3v) is 6.21. The molecule has 6 heteroatoms. The molecule has 1 aliphatic heterocycles. The predicted molar refractivity (Wildman–Crippen MR) is 99.9 cm³/mol. The molecule has 0 spiro atoms. The molecule has 0 saturated carbocycles. The molecule has 4 nitrogen and oxygen atoms in total. The number of thioether (sulfide) groups is 1. The summed E-state index contributed by atoms with van der Waals surface area (Å²) >= 11 is 1.37. The predicted octanol–water partition coefficient (Wildman–Crippen LogP) is 3.46. The molecule has 0 unspecified atom stereocenters. The van der Waals surface area contributed by atoms with Gasteiger partial charge in [0.25, 0.3) is 10.0 Å². The van der Waals surface area contributed by atoms with Crippen LogP contribution in [0.25, 0.3) is 0 Å². The van der Waals surface area contributed by atoms with Gasteiger partial charge in [0.15, 0.2) is 5.17 Å². The molecule has 2 aromatic rings. The lowest BCUT2D eigenvalue weighted by molar-refractivity contribution is 0.402. The minimum absolute atomic E-state index is 0.233. The fourth-order valence-electron chi connectivity index (χ4n) is 2.75. The molecule has 0 bridgehead atoms. The summed E-state index contributed by atoms with van der Waals surface area (Å²) in [7, 11) is -3.69. The minimum atomic E-state index is -3.69. The van der Waals surface area contributed by atoms with Crippen LogP contribution in [0.5, 0.6) is 0 Å². The van der Waals surface area contributed by atoms with E-state index < -0.39 is 10.0 Å². The van der Waals surface area contributed by atoms with Crippen LogP contribution >= 0.6 is 11.8 Å². The Morgan fingerprint density at radius 2 is 1.75 bits per heavy atom. The van der Waals surface area contributed by atoms with Crippen molar-refractivity contribution in [3.8, 4) is 0 Å². The number of rotatable bonds is 2. The molecule has 0 fully saturated rings. The van der Waals surface area contributed by atoms with Crippen LogP contribution in [-0.2, 0) is 23.0 Å². The third-order valence-electron chi connectivity index (χ3n) is 4.10.